The van der Waals surface area contributed by atoms with Crippen molar-refractivity contribution in [1.82, 2.24) is 0 Å². The van der Waals surface area contributed by atoms with Gasteiger partial charge >= 0.3 is 12.5 Å². The third kappa shape index (κ3) is 2.46. The van der Waals surface area contributed by atoms with E-state index in [-0.39, 0.29) is 17.4 Å². The van der Waals surface area contributed by atoms with Crippen LogP contribution in [0, 0.1) is 17.2 Å². The Morgan fingerprint density at radius 2 is 2.00 bits per heavy atom. The Kier molecular flexibility index (Phi) is 3.31. The zero-order valence-corrected chi connectivity index (χ0v) is 10.4. The molecule has 3 nitrogen and oxygen atoms in total. The molecule has 2 rings (SSSR count). The summed E-state index contributed by atoms with van der Waals surface area (Å²) in [7, 11) is 0. The minimum atomic E-state index is -4.02. The maximum Gasteiger partial charge on any atom is 0.468 e. The van der Waals surface area contributed by atoms with E-state index in [4.69, 9.17) is 5.26 Å². The number of alkyl halides is 3. The molecule has 1 heterocycles. The molecular weight excluding hydrogens is 259 g/mol. The lowest BCUT2D eigenvalue weighted by molar-refractivity contribution is -0.281. The highest BCUT2D eigenvalue weighted by molar-refractivity contribution is 5.46. The monoisotopic (exact) mass is 271 g/mol. The molecule has 0 N–H and O–H groups in total. The van der Waals surface area contributed by atoms with E-state index in [1.807, 2.05) is 13.8 Å². The fraction of sp³-hybridized carbons (Fsp3) is 0.462. The molecule has 0 amide bonds. The second-order valence-electron chi connectivity index (χ2n) is 4.65. The average molecular weight is 271 g/mol. The van der Waals surface area contributed by atoms with Crippen LogP contribution in [-0.4, -0.2) is 12.5 Å². The largest absolute Gasteiger partial charge is 0.468 e. The Bertz CT molecular complexity index is 525. The van der Waals surface area contributed by atoms with Crippen LogP contribution in [-0.2, 0) is 0 Å². The van der Waals surface area contributed by atoms with Crippen LogP contribution in [0.5, 0.6) is 11.5 Å². The second kappa shape index (κ2) is 4.65. The Hall–Kier alpha value is -1.90. The summed E-state index contributed by atoms with van der Waals surface area (Å²) >= 11 is 0. The van der Waals surface area contributed by atoms with E-state index in [9.17, 15) is 13.2 Å². The molecule has 1 aliphatic heterocycles. The lowest BCUT2D eigenvalue weighted by Crippen LogP contribution is -2.43. The van der Waals surface area contributed by atoms with E-state index < -0.39 is 18.4 Å². The molecular formula is C13H12F3NO2. The first-order chi connectivity index (χ1) is 8.85. The SMILES string of the molecule is CC(C)C(C#N)c1ccc2c(c1)OC(F)(F)C(F)O2. The number of hydrogen-bond acceptors (Lipinski definition) is 3. The molecule has 0 fully saturated rings. The van der Waals surface area contributed by atoms with Crippen LogP contribution in [0.4, 0.5) is 13.2 Å². The molecule has 6 heteroatoms. The van der Waals surface area contributed by atoms with Gasteiger partial charge in [0.05, 0.1) is 12.0 Å². The van der Waals surface area contributed by atoms with Crippen molar-refractivity contribution in [3.05, 3.63) is 23.8 Å². The Balaban J connectivity index is 2.38. The van der Waals surface area contributed by atoms with Gasteiger partial charge in [0, 0.05) is 0 Å². The summed E-state index contributed by atoms with van der Waals surface area (Å²) < 4.78 is 47.8. The van der Waals surface area contributed by atoms with Crippen molar-refractivity contribution < 1.29 is 22.6 Å². The highest BCUT2D eigenvalue weighted by Crippen LogP contribution is 2.42. The first-order valence-corrected chi connectivity index (χ1v) is 5.76. The summed E-state index contributed by atoms with van der Waals surface area (Å²) in [5.74, 6) is -0.785. The van der Waals surface area contributed by atoms with Crippen molar-refractivity contribution in [1.29, 1.82) is 5.26 Å². The number of halogens is 3. The maximum atomic E-state index is 13.1. The van der Waals surface area contributed by atoms with E-state index in [1.165, 1.54) is 12.1 Å². The fourth-order valence-electron chi connectivity index (χ4n) is 1.88. The molecule has 0 saturated heterocycles. The summed E-state index contributed by atoms with van der Waals surface area (Å²) in [5.41, 5.74) is 0.535. The van der Waals surface area contributed by atoms with E-state index in [0.717, 1.165) is 0 Å². The zero-order chi connectivity index (χ0) is 14.2. The van der Waals surface area contributed by atoms with Gasteiger partial charge in [-0.05, 0) is 23.6 Å². The Morgan fingerprint density at radius 3 is 2.58 bits per heavy atom. The number of hydrogen-bond donors (Lipinski definition) is 0. The predicted octanol–water partition coefficient (Wildman–Crippen LogP) is 3.61. The van der Waals surface area contributed by atoms with Crippen LogP contribution in [0.25, 0.3) is 0 Å². The molecule has 0 saturated carbocycles. The number of ether oxygens (including phenoxy) is 2. The standard InChI is InChI=1S/C13H12F3NO2/c1-7(2)9(6-17)8-3-4-10-11(5-8)19-13(15,16)12(14)18-10/h3-5,7,9,12H,1-2H3. The summed E-state index contributed by atoms with van der Waals surface area (Å²) in [5, 5.41) is 9.07. The number of nitriles is 1. The van der Waals surface area contributed by atoms with Crippen molar-refractivity contribution >= 4 is 0 Å². The number of fused-ring (bicyclic) bond motifs is 1. The van der Waals surface area contributed by atoms with Crippen molar-refractivity contribution in [3.8, 4) is 17.6 Å². The van der Waals surface area contributed by atoms with Crippen molar-refractivity contribution in [2.45, 2.75) is 32.2 Å². The molecule has 1 aromatic carbocycles. The lowest BCUT2D eigenvalue weighted by Gasteiger charge is -2.29. The van der Waals surface area contributed by atoms with E-state index in [2.05, 4.69) is 15.5 Å². The summed E-state index contributed by atoms with van der Waals surface area (Å²) in [6, 6.07) is 6.27. The van der Waals surface area contributed by atoms with Gasteiger partial charge in [0.25, 0.3) is 0 Å². The minimum absolute atomic E-state index is 0.0157. The number of benzene rings is 1. The molecule has 1 aliphatic rings. The lowest BCUT2D eigenvalue weighted by atomic mass is 9.89. The predicted molar refractivity (Wildman–Crippen MR) is 60.7 cm³/mol. The van der Waals surface area contributed by atoms with Gasteiger partial charge in [0.2, 0.25) is 0 Å². The van der Waals surface area contributed by atoms with E-state index >= 15 is 0 Å². The molecule has 0 radical (unpaired) electrons. The van der Waals surface area contributed by atoms with Crippen LogP contribution in [0.3, 0.4) is 0 Å². The average Bonchev–Trinajstić information content (AvgIpc) is 2.31. The van der Waals surface area contributed by atoms with Gasteiger partial charge in [-0.25, -0.2) is 0 Å². The van der Waals surface area contributed by atoms with Gasteiger partial charge in [-0.2, -0.15) is 18.4 Å². The third-order valence-corrected chi connectivity index (χ3v) is 2.87. The van der Waals surface area contributed by atoms with Crippen molar-refractivity contribution in [2.75, 3.05) is 0 Å². The van der Waals surface area contributed by atoms with Crippen molar-refractivity contribution in [2.24, 2.45) is 5.92 Å². The summed E-state index contributed by atoms with van der Waals surface area (Å²) in [4.78, 5) is 0. The van der Waals surface area contributed by atoms with Gasteiger partial charge in [-0.15, -0.1) is 0 Å². The first kappa shape index (κ1) is 13.5. The normalized spacial score (nSPS) is 21.8. The molecule has 2 unspecified atom stereocenters. The fourth-order valence-corrected chi connectivity index (χ4v) is 1.88. The molecule has 102 valence electrons. The first-order valence-electron chi connectivity index (χ1n) is 5.76. The highest BCUT2D eigenvalue weighted by atomic mass is 19.3. The summed E-state index contributed by atoms with van der Waals surface area (Å²) in [6.07, 6.45) is -6.85. The number of nitrogens with zero attached hydrogens (tertiary/aromatic N) is 1. The topological polar surface area (TPSA) is 42.2 Å². The Morgan fingerprint density at radius 1 is 1.32 bits per heavy atom. The van der Waals surface area contributed by atoms with Gasteiger partial charge in [0.1, 0.15) is 0 Å². The number of rotatable bonds is 2. The van der Waals surface area contributed by atoms with Gasteiger partial charge in [-0.3, -0.25) is 0 Å². The van der Waals surface area contributed by atoms with Crippen molar-refractivity contribution in [3.63, 3.8) is 0 Å². The molecule has 0 spiro atoms. The van der Waals surface area contributed by atoms with Gasteiger partial charge in [0.15, 0.2) is 11.5 Å². The van der Waals surface area contributed by atoms with Crippen LogP contribution in [0.15, 0.2) is 18.2 Å². The molecule has 0 aromatic heterocycles. The van der Waals surface area contributed by atoms with E-state index in [0.29, 0.717) is 5.56 Å². The van der Waals surface area contributed by atoms with Gasteiger partial charge < -0.3 is 9.47 Å². The van der Waals surface area contributed by atoms with Crippen LogP contribution in [0.1, 0.15) is 25.3 Å². The molecule has 19 heavy (non-hydrogen) atoms. The summed E-state index contributed by atoms with van der Waals surface area (Å²) in [6.45, 7) is 3.69. The smallest absolute Gasteiger partial charge is 0.447 e. The van der Waals surface area contributed by atoms with E-state index in [1.54, 1.807) is 6.07 Å². The highest BCUT2D eigenvalue weighted by Gasteiger charge is 2.49. The quantitative estimate of drug-likeness (QED) is 0.825. The second-order valence-corrected chi connectivity index (χ2v) is 4.65. The third-order valence-electron chi connectivity index (χ3n) is 2.87. The van der Waals surface area contributed by atoms with Crippen LogP contribution < -0.4 is 9.47 Å². The zero-order valence-electron chi connectivity index (χ0n) is 10.4. The molecule has 1 aromatic rings. The van der Waals surface area contributed by atoms with Crippen LogP contribution >= 0.6 is 0 Å². The molecule has 0 bridgehead atoms. The Labute approximate surface area is 108 Å². The minimum Gasteiger partial charge on any atom is -0.447 e. The molecule has 0 aliphatic carbocycles. The van der Waals surface area contributed by atoms with Gasteiger partial charge in [-0.1, -0.05) is 19.9 Å². The maximum absolute atomic E-state index is 13.1. The molecule has 2 atom stereocenters. The van der Waals surface area contributed by atoms with Crippen LogP contribution in [0.2, 0.25) is 0 Å².